The van der Waals surface area contributed by atoms with Gasteiger partial charge >= 0.3 is 10.1 Å². The average Bonchev–Trinajstić information content (AvgIpc) is 3.03. The molecule has 1 aliphatic heterocycles. The maximum absolute atomic E-state index is 12.7. The molecule has 160 valence electrons. The monoisotopic (exact) mass is 439 g/mol. The highest BCUT2D eigenvalue weighted by Crippen LogP contribution is 2.32. The first-order chi connectivity index (χ1) is 15.0. The van der Waals surface area contributed by atoms with Gasteiger partial charge in [0, 0.05) is 24.6 Å². The van der Waals surface area contributed by atoms with E-state index in [1.165, 1.54) is 24.3 Å². The molecule has 0 bridgehead atoms. The van der Waals surface area contributed by atoms with Crippen molar-refractivity contribution in [3.63, 3.8) is 0 Å². The van der Waals surface area contributed by atoms with Gasteiger partial charge in [-0.05, 0) is 35.9 Å². The van der Waals surface area contributed by atoms with E-state index >= 15 is 0 Å². The molecule has 31 heavy (non-hydrogen) atoms. The maximum atomic E-state index is 12.7. The standard InChI is InChI=1S/C23H21NO6S/c25-23(24-16-17-6-2-1-3-7-17)18-8-4-9-19(14-18)30-31(26,27)20-10-11-21-22(15-20)29-13-5-12-28-21/h1-4,6-11,14-15H,5,12-13,16H2,(H,24,25). The molecule has 8 heteroatoms. The molecule has 0 atom stereocenters. The predicted molar refractivity (Wildman–Crippen MR) is 114 cm³/mol. The van der Waals surface area contributed by atoms with Crippen LogP contribution in [0.5, 0.6) is 17.2 Å². The summed E-state index contributed by atoms with van der Waals surface area (Å²) in [5.74, 6) is 0.562. The van der Waals surface area contributed by atoms with Crippen LogP contribution in [0.15, 0.2) is 77.7 Å². The number of carbonyl (C=O) groups is 1. The summed E-state index contributed by atoms with van der Waals surface area (Å²) >= 11 is 0. The second-order valence-electron chi connectivity index (χ2n) is 6.89. The van der Waals surface area contributed by atoms with Gasteiger partial charge in [0.25, 0.3) is 5.91 Å². The molecule has 7 nitrogen and oxygen atoms in total. The van der Waals surface area contributed by atoms with E-state index in [0.29, 0.717) is 43.2 Å². The SMILES string of the molecule is O=C(NCc1ccccc1)c1cccc(OS(=O)(=O)c2ccc3c(c2)OCCCO3)c1. The average molecular weight is 439 g/mol. The summed E-state index contributed by atoms with van der Waals surface area (Å²) < 4.78 is 41.8. The number of rotatable bonds is 6. The van der Waals surface area contributed by atoms with Crippen molar-refractivity contribution in [1.82, 2.24) is 5.32 Å². The number of hydrogen-bond acceptors (Lipinski definition) is 6. The van der Waals surface area contributed by atoms with Gasteiger partial charge in [0.05, 0.1) is 13.2 Å². The number of amides is 1. The highest BCUT2D eigenvalue weighted by molar-refractivity contribution is 7.87. The molecule has 0 saturated carbocycles. The molecule has 3 aromatic carbocycles. The zero-order chi connectivity index (χ0) is 21.7. The van der Waals surface area contributed by atoms with Gasteiger partial charge in [0.1, 0.15) is 10.6 Å². The second kappa shape index (κ2) is 9.09. The Kier molecular flexibility index (Phi) is 6.08. The fraction of sp³-hybridized carbons (Fsp3) is 0.174. The quantitative estimate of drug-likeness (QED) is 0.591. The summed E-state index contributed by atoms with van der Waals surface area (Å²) in [7, 11) is -4.12. The van der Waals surface area contributed by atoms with Crippen molar-refractivity contribution >= 4 is 16.0 Å². The summed E-state index contributed by atoms with van der Waals surface area (Å²) in [6, 6.07) is 19.8. The Bertz CT molecular complexity index is 1180. The molecule has 1 aliphatic rings. The Morgan fingerprint density at radius 1 is 0.903 bits per heavy atom. The molecule has 0 radical (unpaired) electrons. The van der Waals surface area contributed by atoms with Crippen molar-refractivity contribution in [2.75, 3.05) is 13.2 Å². The van der Waals surface area contributed by atoms with Crippen molar-refractivity contribution in [2.24, 2.45) is 0 Å². The number of nitrogens with one attached hydrogen (secondary N) is 1. The Labute approximate surface area is 180 Å². The summed E-state index contributed by atoms with van der Waals surface area (Å²) in [5, 5.41) is 2.80. The van der Waals surface area contributed by atoms with Crippen LogP contribution in [0.3, 0.4) is 0 Å². The minimum Gasteiger partial charge on any atom is -0.490 e. The third-order valence-corrected chi connectivity index (χ3v) is 5.85. The zero-order valence-electron chi connectivity index (χ0n) is 16.6. The lowest BCUT2D eigenvalue weighted by Gasteiger charge is -2.11. The van der Waals surface area contributed by atoms with Gasteiger partial charge in [0.15, 0.2) is 11.5 Å². The topological polar surface area (TPSA) is 90.9 Å². The van der Waals surface area contributed by atoms with Crippen molar-refractivity contribution in [1.29, 1.82) is 0 Å². The third kappa shape index (κ3) is 5.16. The predicted octanol–water partition coefficient (Wildman–Crippen LogP) is 3.55. The normalized spacial score (nSPS) is 13.2. The molecule has 1 N–H and O–H groups in total. The molecular weight excluding hydrogens is 418 g/mol. The number of fused-ring (bicyclic) bond motifs is 1. The molecule has 1 heterocycles. The third-order valence-electron chi connectivity index (χ3n) is 4.61. The lowest BCUT2D eigenvalue weighted by molar-refractivity contribution is 0.0950. The first-order valence-electron chi connectivity index (χ1n) is 9.78. The molecule has 4 rings (SSSR count). The molecule has 0 saturated heterocycles. The Morgan fingerprint density at radius 3 is 2.48 bits per heavy atom. The molecule has 0 spiro atoms. The van der Waals surface area contributed by atoms with E-state index < -0.39 is 10.1 Å². The van der Waals surface area contributed by atoms with E-state index in [1.807, 2.05) is 30.3 Å². The minimum absolute atomic E-state index is 0.0412. The van der Waals surface area contributed by atoms with Crippen LogP contribution in [0.4, 0.5) is 0 Å². The minimum atomic E-state index is -4.12. The first kappa shape index (κ1) is 20.7. The second-order valence-corrected chi connectivity index (χ2v) is 8.44. The molecule has 1 amide bonds. The van der Waals surface area contributed by atoms with E-state index in [0.717, 1.165) is 5.56 Å². The summed E-state index contributed by atoms with van der Waals surface area (Å²) in [6.45, 7) is 1.31. The number of hydrogen-bond donors (Lipinski definition) is 1. The van der Waals surface area contributed by atoms with E-state index in [2.05, 4.69) is 5.32 Å². The first-order valence-corrected chi connectivity index (χ1v) is 11.2. The van der Waals surface area contributed by atoms with Crippen LogP contribution in [-0.4, -0.2) is 27.5 Å². The smallest absolute Gasteiger partial charge is 0.339 e. The van der Waals surface area contributed by atoms with Crippen molar-refractivity contribution in [3.8, 4) is 17.2 Å². The van der Waals surface area contributed by atoms with Crippen LogP contribution in [0.1, 0.15) is 22.3 Å². The van der Waals surface area contributed by atoms with Gasteiger partial charge in [-0.1, -0.05) is 36.4 Å². The lowest BCUT2D eigenvalue weighted by Crippen LogP contribution is -2.22. The fourth-order valence-electron chi connectivity index (χ4n) is 3.04. The number of carbonyl (C=O) groups excluding carboxylic acids is 1. The van der Waals surface area contributed by atoms with Crippen molar-refractivity contribution in [2.45, 2.75) is 17.9 Å². The lowest BCUT2D eigenvalue weighted by atomic mass is 10.2. The van der Waals surface area contributed by atoms with Crippen molar-refractivity contribution in [3.05, 3.63) is 83.9 Å². The van der Waals surface area contributed by atoms with Gasteiger partial charge in [-0.15, -0.1) is 0 Å². The molecule has 0 unspecified atom stereocenters. The molecule has 0 aliphatic carbocycles. The van der Waals surface area contributed by atoms with Gasteiger partial charge in [-0.25, -0.2) is 0 Å². The van der Waals surface area contributed by atoms with E-state index in [1.54, 1.807) is 18.2 Å². The summed E-state index contributed by atoms with van der Waals surface area (Å²) in [4.78, 5) is 12.4. The zero-order valence-corrected chi connectivity index (χ0v) is 17.4. The Morgan fingerprint density at radius 2 is 1.68 bits per heavy atom. The molecule has 0 fully saturated rings. The Balaban J connectivity index is 1.47. The maximum Gasteiger partial charge on any atom is 0.339 e. The van der Waals surface area contributed by atoms with Crippen LogP contribution in [0, 0.1) is 0 Å². The fourth-order valence-corrected chi connectivity index (χ4v) is 3.98. The highest BCUT2D eigenvalue weighted by Gasteiger charge is 2.21. The summed E-state index contributed by atoms with van der Waals surface area (Å²) in [6.07, 6.45) is 0.715. The molecule has 0 aromatic heterocycles. The van der Waals surface area contributed by atoms with Gasteiger partial charge in [-0.2, -0.15) is 8.42 Å². The van der Waals surface area contributed by atoms with Crippen LogP contribution in [0.2, 0.25) is 0 Å². The van der Waals surface area contributed by atoms with Crippen LogP contribution in [0.25, 0.3) is 0 Å². The summed E-state index contributed by atoms with van der Waals surface area (Å²) in [5.41, 5.74) is 1.25. The van der Waals surface area contributed by atoms with Gasteiger partial charge in [-0.3, -0.25) is 4.79 Å². The van der Waals surface area contributed by atoms with Crippen LogP contribution < -0.4 is 19.0 Å². The van der Waals surface area contributed by atoms with Crippen LogP contribution >= 0.6 is 0 Å². The van der Waals surface area contributed by atoms with Gasteiger partial charge < -0.3 is 19.0 Å². The van der Waals surface area contributed by atoms with E-state index in [4.69, 9.17) is 13.7 Å². The number of ether oxygens (including phenoxy) is 2. The molecule has 3 aromatic rings. The van der Waals surface area contributed by atoms with E-state index in [-0.39, 0.29) is 16.6 Å². The number of benzene rings is 3. The van der Waals surface area contributed by atoms with E-state index in [9.17, 15) is 13.2 Å². The van der Waals surface area contributed by atoms with Gasteiger partial charge in [0.2, 0.25) is 0 Å². The van der Waals surface area contributed by atoms with Crippen molar-refractivity contribution < 1.29 is 26.9 Å². The van der Waals surface area contributed by atoms with Crippen LogP contribution in [-0.2, 0) is 16.7 Å². The Hall–Kier alpha value is -3.52. The highest BCUT2D eigenvalue weighted by atomic mass is 32.2. The molecular formula is C23H21NO6S. The largest absolute Gasteiger partial charge is 0.490 e.